The first-order valence-corrected chi connectivity index (χ1v) is 10.8. The lowest BCUT2D eigenvalue weighted by Crippen LogP contribution is -2.54. The van der Waals surface area contributed by atoms with Gasteiger partial charge in [-0.1, -0.05) is 44.5 Å². The number of anilines is 1. The highest BCUT2D eigenvalue weighted by Crippen LogP contribution is 2.46. The Morgan fingerprint density at radius 3 is 2.45 bits per heavy atom. The maximum atomic E-state index is 14.5. The third-order valence-corrected chi connectivity index (χ3v) is 6.72. The van der Waals surface area contributed by atoms with Gasteiger partial charge in [-0.25, -0.2) is 4.39 Å². The number of benzene rings is 2. The minimum absolute atomic E-state index is 0.175. The molecule has 2 aromatic rings. The lowest BCUT2D eigenvalue weighted by molar-refractivity contribution is 0.149. The smallest absolute Gasteiger partial charge is 0.147 e. The van der Waals surface area contributed by atoms with Crippen molar-refractivity contribution in [2.45, 2.75) is 51.6 Å². The molecule has 2 aliphatic rings. The lowest BCUT2D eigenvalue weighted by Gasteiger charge is -2.43. The summed E-state index contributed by atoms with van der Waals surface area (Å²) in [5, 5.41) is 8.97. The van der Waals surface area contributed by atoms with Crippen LogP contribution in [0.3, 0.4) is 0 Å². The molecular weight excluding hydrogens is 361 g/mol. The van der Waals surface area contributed by atoms with Crippen LogP contribution < -0.4 is 4.90 Å². The summed E-state index contributed by atoms with van der Waals surface area (Å²) in [6, 6.07) is 16.0. The van der Waals surface area contributed by atoms with Crippen molar-refractivity contribution < 1.29 is 4.39 Å². The molecule has 1 unspecified atom stereocenters. The Morgan fingerprint density at radius 2 is 1.83 bits per heavy atom. The molecule has 1 saturated carbocycles. The monoisotopic (exact) mass is 391 g/mol. The van der Waals surface area contributed by atoms with Crippen LogP contribution in [0.25, 0.3) is 0 Å². The number of hydrogen-bond donors (Lipinski definition) is 0. The summed E-state index contributed by atoms with van der Waals surface area (Å²) in [6.07, 6.45) is 4.71. The van der Waals surface area contributed by atoms with Crippen LogP contribution in [0.5, 0.6) is 0 Å². The molecule has 3 nitrogen and oxygen atoms in total. The molecule has 0 N–H and O–H groups in total. The van der Waals surface area contributed by atoms with Crippen LogP contribution in [-0.4, -0.2) is 30.1 Å². The first-order chi connectivity index (χ1) is 14.0. The van der Waals surface area contributed by atoms with Crippen LogP contribution in [0.4, 0.5) is 10.1 Å². The van der Waals surface area contributed by atoms with Gasteiger partial charge in [0, 0.05) is 31.7 Å². The molecule has 0 radical (unpaired) electrons. The molecule has 1 heterocycles. The zero-order valence-corrected chi connectivity index (χ0v) is 17.5. The zero-order chi connectivity index (χ0) is 20.4. The van der Waals surface area contributed by atoms with Crippen molar-refractivity contribution in [2.75, 3.05) is 24.5 Å². The van der Waals surface area contributed by atoms with Gasteiger partial charge in [0.1, 0.15) is 5.82 Å². The number of nitrogens with zero attached hydrogens (tertiary/aromatic N) is 3. The first kappa shape index (κ1) is 19.9. The van der Waals surface area contributed by atoms with Crippen molar-refractivity contribution in [2.24, 2.45) is 5.92 Å². The zero-order valence-electron chi connectivity index (χ0n) is 17.5. The molecule has 1 spiro atoms. The quantitative estimate of drug-likeness (QED) is 0.683. The van der Waals surface area contributed by atoms with E-state index in [9.17, 15) is 4.39 Å². The van der Waals surface area contributed by atoms with Crippen molar-refractivity contribution in [3.63, 3.8) is 0 Å². The Labute approximate surface area is 173 Å². The number of rotatable bonds is 6. The molecule has 4 rings (SSSR count). The number of piperazine rings is 1. The van der Waals surface area contributed by atoms with Gasteiger partial charge in [0.15, 0.2) is 0 Å². The minimum atomic E-state index is -0.287. The van der Waals surface area contributed by atoms with Crippen molar-refractivity contribution >= 4 is 5.69 Å². The van der Waals surface area contributed by atoms with E-state index >= 15 is 0 Å². The lowest BCUT2D eigenvalue weighted by atomic mass is 9.98. The van der Waals surface area contributed by atoms with Crippen molar-refractivity contribution in [1.82, 2.24) is 4.90 Å². The average molecular weight is 392 g/mol. The highest BCUT2D eigenvalue weighted by Gasteiger charge is 2.51. The van der Waals surface area contributed by atoms with E-state index in [1.807, 2.05) is 6.07 Å². The van der Waals surface area contributed by atoms with Crippen LogP contribution in [0.1, 0.15) is 49.8 Å². The fourth-order valence-electron chi connectivity index (χ4n) is 4.46. The van der Waals surface area contributed by atoms with E-state index in [0.717, 1.165) is 38.5 Å². The van der Waals surface area contributed by atoms with E-state index in [1.54, 1.807) is 12.1 Å². The van der Waals surface area contributed by atoms with Gasteiger partial charge in [-0.05, 0) is 54.5 Å². The molecule has 29 heavy (non-hydrogen) atoms. The van der Waals surface area contributed by atoms with Crippen molar-refractivity contribution in [1.29, 1.82) is 5.26 Å². The van der Waals surface area contributed by atoms with Crippen LogP contribution in [0, 0.1) is 23.1 Å². The maximum Gasteiger partial charge on any atom is 0.147 e. The van der Waals surface area contributed by atoms with Gasteiger partial charge < -0.3 is 4.90 Å². The Bertz CT molecular complexity index is 895. The normalized spacial score (nSPS) is 19.2. The number of halogens is 1. The minimum Gasteiger partial charge on any atom is -0.366 e. The number of nitriles is 1. The van der Waals surface area contributed by atoms with E-state index < -0.39 is 0 Å². The summed E-state index contributed by atoms with van der Waals surface area (Å²) in [6.45, 7) is 8.14. The second-order valence-electron chi connectivity index (χ2n) is 8.88. The van der Waals surface area contributed by atoms with Gasteiger partial charge in [-0.15, -0.1) is 0 Å². The largest absolute Gasteiger partial charge is 0.366 e. The van der Waals surface area contributed by atoms with E-state index in [1.165, 1.54) is 36.5 Å². The molecule has 4 heteroatoms. The second kappa shape index (κ2) is 8.16. The van der Waals surface area contributed by atoms with Crippen LogP contribution in [-0.2, 0) is 13.0 Å². The van der Waals surface area contributed by atoms with Gasteiger partial charge in [0.25, 0.3) is 0 Å². The molecule has 2 aromatic carbocycles. The fourth-order valence-corrected chi connectivity index (χ4v) is 4.46. The summed E-state index contributed by atoms with van der Waals surface area (Å²) in [7, 11) is 0. The Morgan fingerprint density at radius 1 is 1.10 bits per heavy atom. The molecular formula is C25H30FN3. The summed E-state index contributed by atoms with van der Waals surface area (Å²) in [5.74, 6) is 0.441. The molecule has 1 aliphatic carbocycles. The van der Waals surface area contributed by atoms with E-state index in [0.29, 0.717) is 11.3 Å². The topological polar surface area (TPSA) is 30.3 Å². The van der Waals surface area contributed by atoms with Crippen LogP contribution in [0.2, 0.25) is 0 Å². The molecule has 0 amide bonds. The third-order valence-electron chi connectivity index (χ3n) is 6.72. The first-order valence-electron chi connectivity index (χ1n) is 10.8. The summed E-state index contributed by atoms with van der Waals surface area (Å²) in [4.78, 5) is 4.75. The highest BCUT2D eigenvalue weighted by molar-refractivity contribution is 5.52. The van der Waals surface area contributed by atoms with Gasteiger partial charge >= 0.3 is 0 Å². The fraction of sp³-hybridized carbons (Fsp3) is 0.480. The average Bonchev–Trinajstić information content (AvgIpc) is 3.50. The molecule has 0 bridgehead atoms. The summed E-state index contributed by atoms with van der Waals surface area (Å²) < 4.78 is 14.5. The van der Waals surface area contributed by atoms with Gasteiger partial charge in [-0.2, -0.15) is 5.26 Å². The number of hydrogen-bond acceptors (Lipinski definition) is 3. The Kier molecular flexibility index (Phi) is 5.61. The van der Waals surface area contributed by atoms with Gasteiger partial charge in [0.05, 0.1) is 17.3 Å². The molecule has 1 saturated heterocycles. The maximum absolute atomic E-state index is 14.5. The molecule has 152 valence electrons. The SMILES string of the molecule is CCC(C)Cc1ccc(CN2CCN(c3ccc(C#N)cc3F)CC23CC3)cc1. The van der Waals surface area contributed by atoms with Crippen molar-refractivity contribution in [3.05, 3.63) is 65.0 Å². The highest BCUT2D eigenvalue weighted by atomic mass is 19.1. The van der Waals surface area contributed by atoms with E-state index in [2.05, 4.69) is 47.9 Å². The predicted octanol–water partition coefficient (Wildman–Crippen LogP) is 5.14. The van der Waals surface area contributed by atoms with Crippen LogP contribution >= 0.6 is 0 Å². The molecule has 1 aliphatic heterocycles. The van der Waals surface area contributed by atoms with Crippen molar-refractivity contribution in [3.8, 4) is 6.07 Å². The standard InChI is InChI=1S/C25H30FN3/c1-3-19(2)14-20-4-6-21(7-5-20)17-29-13-12-28(18-25(29)10-11-25)24-9-8-22(16-27)15-23(24)26/h4-9,15,19H,3,10-14,17-18H2,1-2H3. The molecule has 0 aromatic heterocycles. The third kappa shape index (κ3) is 4.31. The Hall–Kier alpha value is -2.38. The van der Waals surface area contributed by atoms with Gasteiger partial charge in [0.2, 0.25) is 0 Å². The van der Waals surface area contributed by atoms with E-state index in [4.69, 9.17) is 5.26 Å². The summed E-state index contributed by atoms with van der Waals surface area (Å²) >= 11 is 0. The predicted molar refractivity (Wildman–Crippen MR) is 115 cm³/mol. The second-order valence-corrected chi connectivity index (χ2v) is 8.88. The van der Waals surface area contributed by atoms with E-state index in [-0.39, 0.29) is 11.4 Å². The molecule has 2 fully saturated rings. The Balaban J connectivity index is 1.41. The van der Waals surface area contributed by atoms with Crippen LogP contribution in [0.15, 0.2) is 42.5 Å². The summed E-state index contributed by atoms with van der Waals surface area (Å²) in [5.41, 5.74) is 3.97. The molecule has 1 atom stereocenters. The van der Waals surface area contributed by atoms with Gasteiger partial charge in [-0.3, -0.25) is 4.90 Å².